The number of halogens is 1. The second-order valence-corrected chi connectivity index (χ2v) is 5.70. The van der Waals surface area contributed by atoms with Gasteiger partial charge in [-0.2, -0.15) is 5.10 Å². The predicted octanol–water partition coefficient (Wildman–Crippen LogP) is 4.09. The van der Waals surface area contributed by atoms with Gasteiger partial charge in [-0.05, 0) is 51.1 Å². The highest BCUT2D eigenvalue weighted by atomic mass is 19.1. The largest absolute Gasteiger partial charge is 0.323 e. The summed E-state index contributed by atoms with van der Waals surface area (Å²) in [7, 11) is 0. The van der Waals surface area contributed by atoms with Gasteiger partial charge in [-0.25, -0.2) is 9.18 Å². The van der Waals surface area contributed by atoms with E-state index in [1.54, 1.807) is 23.0 Å². The number of hydrogen-bond acceptors (Lipinski definition) is 2. The summed E-state index contributed by atoms with van der Waals surface area (Å²) < 4.78 is 17.5. The van der Waals surface area contributed by atoms with Crippen LogP contribution >= 0.6 is 0 Å². The minimum atomic E-state index is -0.396. The molecule has 2 amide bonds. The van der Waals surface area contributed by atoms with Crippen molar-refractivity contribution >= 4 is 17.4 Å². The number of anilines is 2. The predicted molar refractivity (Wildman–Crippen MR) is 95.7 cm³/mol. The number of amides is 2. The Balaban J connectivity index is 1.78. The summed E-state index contributed by atoms with van der Waals surface area (Å²) in [6.45, 7) is 6.47. The standard InChI is InChI=1S/C18H20FN5O/c1-4-24-13(3)17(12(2)22-24)21-18(25)20-14-7-8-15(19)16(11-14)23-9-5-6-10-23/h5-11H,4H2,1-3H3,(H2,20,21,25). The lowest BCUT2D eigenvalue weighted by molar-refractivity contribution is 0.262. The highest BCUT2D eigenvalue weighted by Crippen LogP contribution is 2.21. The Labute approximate surface area is 145 Å². The van der Waals surface area contributed by atoms with Crippen LogP contribution in [0.1, 0.15) is 18.3 Å². The molecule has 0 saturated heterocycles. The number of hydrogen-bond donors (Lipinski definition) is 2. The van der Waals surface area contributed by atoms with Crippen LogP contribution in [0, 0.1) is 19.7 Å². The lowest BCUT2D eigenvalue weighted by Gasteiger charge is -2.11. The van der Waals surface area contributed by atoms with Gasteiger partial charge in [0.2, 0.25) is 0 Å². The molecule has 0 atom stereocenters. The van der Waals surface area contributed by atoms with Crippen LogP contribution in [0.25, 0.3) is 5.69 Å². The third kappa shape index (κ3) is 3.40. The number of aromatic nitrogens is 3. The third-order valence-electron chi connectivity index (χ3n) is 4.01. The van der Waals surface area contributed by atoms with E-state index in [1.165, 1.54) is 12.1 Å². The molecule has 2 N–H and O–H groups in total. The Morgan fingerprint density at radius 2 is 1.92 bits per heavy atom. The first kappa shape index (κ1) is 16.8. The smallest absolute Gasteiger partial charge is 0.321 e. The fourth-order valence-corrected chi connectivity index (χ4v) is 2.74. The zero-order valence-electron chi connectivity index (χ0n) is 14.4. The van der Waals surface area contributed by atoms with E-state index in [2.05, 4.69) is 15.7 Å². The number of carbonyl (C=O) groups excluding carboxylic acids is 1. The molecule has 3 rings (SSSR count). The van der Waals surface area contributed by atoms with E-state index in [4.69, 9.17) is 0 Å². The van der Waals surface area contributed by atoms with E-state index >= 15 is 0 Å². The SMILES string of the molecule is CCn1nc(C)c(NC(=O)Nc2ccc(F)c(-n3cccc3)c2)c1C. The van der Waals surface area contributed by atoms with Crippen molar-refractivity contribution in [1.29, 1.82) is 0 Å². The van der Waals surface area contributed by atoms with Crippen LogP contribution in [0.15, 0.2) is 42.7 Å². The Bertz CT molecular complexity index is 899. The van der Waals surface area contributed by atoms with Gasteiger partial charge >= 0.3 is 6.03 Å². The summed E-state index contributed by atoms with van der Waals surface area (Å²) in [5, 5.41) is 9.92. The van der Waals surface area contributed by atoms with Crippen LogP contribution in [0.3, 0.4) is 0 Å². The molecular formula is C18H20FN5O. The van der Waals surface area contributed by atoms with Crippen molar-refractivity contribution < 1.29 is 9.18 Å². The van der Waals surface area contributed by atoms with Crippen LogP contribution < -0.4 is 10.6 Å². The lowest BCUT2D eigenvalue weighted by Crippen LogP contribution is -2.20. The summed E-state index contributed by atoms with van der Waals surface area (Å²) in [5.74, 6) is -0.363. The zero-order valence-corrected chi connectivity index (χ0v) is 14.4. The van der Waals surface area contributed by atoms with Crippen LogP contribution in [-0.2, 0) is 6.54 Å². The molecule has 25 heavy (non-hydrogen) atoms. The number of benzene rings is 1. The van der Waals surface area contributed by atoms with E-state index in [9.17, 15) is 9.18 Å². The van der Waals surface area contributed by atoms with E-state index < -0.39 is 6.03 Å². The van der Waals surface area contributed by atoms with Gasteiger partial charge in [0.25, 0.3) is 0 Å². The molecule has 7 heteroatoms. The average molecular weight is 341 g/mol. The van der Waals surface area contributed by atoms with Crippen LogP contribution in [-0.4, -0.2) is 20.4 Å². The van der Waals surface area contributed by atoms with Gasteiger partial charge in [-0.1, -0.05) is 0 Å². The maximum Gasteiger partial charge on any atom is 0.323 e. The Morgan fingerprint density at radius 3 is 2.56 bits per heavy atom. The molecule has 0 spiro atoms. The Morgan fingerprint density at radius 1 is 1.20 bits per heavy atom. The lowest BCUT2D eigenvalue weighted by atomic mass is 10.2. The van der Waals surface area contributed by atoms with Crippen molar-refractivity contribution in [1.82, 2.24) is 14.3 Å². The molecule has 0 aliphatic carbocycles. The number of carbonyl (C=O) groups is 1. The van der Waals surface area contributed by atoms with Crippen molar-refractivity contribution in [3.05, 3.63) is 59.9 Å². The van der Waals surface area contributed by atoms with Crippen LogP contribution in [0.2, 0.25) is 0 Å². The minimum Gasteiger partial charge on any atom is -0.321 e. The second-order valence-electron chi connectivity index (χ2n) is 5.70. The molecule has 2 aromatic heterocycles. The fourth-order valence-electron chi connectivity index (χ4n) is 2.74. The highest BCUT2D eigenvalue weighted by molar-refractivity contribution is 6.00. The van der Waals surface area contributed by atoms with E-state index in [-0.39, 0.29) is 5.82 Å². The van der Waals surface area contributed by atoms with E-state index in [0.29, 0.717) is 17.1 Å². The van der Waals surface area contributed by atoms with Gasteiger partial charge in [0.15, 0.2) is 0 Å². The highest BCUT2D eigenvalue weighted by Gasteiger charge is 2.14. The molecule has 1 aromatic carbocycles. The molecule has 0 aliphatic rings. The molecule has 0 fully saturated rings. The topological polar surface area (TPSA) is 63.9 Å². The summed E-state index contributed by atoms with van der Waals surface area (Å²) in [4.78, 5) is 12.3. The number of nitrogens with one attached hydrogen (secondary N) is 2. The number of rotatable bonds is 4. The first-order valence-electron chi connectivity index (χ1n) is 8.04. The zero-order chi connectivity index (χ0) is 18.0. The summed E-state index contributed by atoms with van der Waals surface area (Å²) in [6.07, 6.45) is 3.49. The number of urea groups is 1. The van der Waals surface area contributed by atoms with Crippen LogP contribution in [0.5, 0.6) is 0 Å². The molecule has 0 unspecified atom stereocenters. The van der Waals surface area contributed by atoms with Crippen molar-refractivity contribution in [2.75, 3.05) is 10.6 Å². The third-order valence-corrected chi connectivity index (χ3v) is 4.01. The minimum absolute atomic E-state index is 0.363. The van der Waals surface area contributed by atoms with Crippen LogP contribution in [0.4, 0.5) is 20.6 Å². The molecule has 6 nitrogen and oxygen atoms in total. The van der Waals surface area contributed by atoms with E-state index in [1.807, 2.05) is 37.6 Å². The van der Waals surface area contributed by atoms with Crippen molar-refractivity contribution in [3.63, 3.8) is 0 Å². The molecule has 0 bridgehead atoms. The monoisotopic (exact) mass is 341 g/mol. The first-order valence-corrected chi connectivity index (χ1v) is 8.04. The average Bonchev–Trinajstić information content (AvgIpc) is 3.20. The Hall–Kier alpha value is -3.09. The molecule has 0 saturated carbocycles. The maximum absolute atomic E-state index is 14.0. The molecule has 3 aromatic rings. The summed E-state index contributed by atoms with van der Waals surface area (Å²) in [5.41, 5.74) is 3.20. The van der Waals surface area contributed by atoms with Gasteiger partial charge in [-0.3, -0.25) is 4.68 Å². The summed E-state index contributed by atoms with van der Waals surface area (Å²) >= 11 is 0. The molecule has 0 aliphatic heterocycles. The quantitative estimate of drug-likeness (QED) is 0.750. The number of nitrogens with zero attached hydrogens (tertiary/aromatic N) is 3. The fraction of sp³-hybridized carbons (Fsp3) is 0.222. The molecule has 0 radical (unpaired) electrons. The second kappa shape index (κ2) is 6.80. The molecular weight excluding hydrogens is 321 g/mol. The number of aryl methyl sites for hydroxylation is 2. The first-order chi connectivity index (χ1) is 12.0. The summed E-state index contributed by atoms with van der Waals surface area (Å²) in [6, 6.07) is 7.66. The molecule has 2 heterocycles. The van der Waals surface area contributed by atoms with Gasteiger partial charge in [0.05, 0.1) is 22.8 Å². The normalized spacial score (nSPS) is 10.7. The van der Waals surface area contributed by atoms with Crippen molar-refractivity contribution in [2.45, 2.75) is 27.3 Å². The molecule has 130 valence electrons. The van der Waals surface area contributed by atoms with Gasteiger partial charge in [0, 0.05) is 24.6 Å². The maximum atomic E-state index is 14.0. The van der Waals surface area contributed by atoms with Gasteiger partial charge in [-0.15, -0.1) is 0 Å². The van der Waals surface area contributed by atoms with Crippen molar-refractivity contribution in [3.8, 4) is 5.69 Å². The van der Waals surface area contributed by atoms with Gasteiger partial charge in [0.1, 0.15) is 5.82 Å². The van der Waals surface area contributed by atoms with E-state index in [0.717, 1.165) is 17.9 Å². The Kier molecular flexibility index (Phi) is 4.56. The van der Waals surface area contributed by atoms with Gasteiger partial charge < -0.3 is 15.2 Å². The van der Waals surface area contributed by atoms with Crippen molar-refractivity contribution in [2.24, 2.45) is 0 Å².